The van der Waals surface area contributed by atoms with E-state index in [1.807, 2.05) is 19.1 Å². The van der Waals surface area contributed by atoms with E-state index in [0.29, 0.717) is 22.1 Å². The van der Waals surface area contributed by atoms with Crippen LogP contribution >= 0.6 is 23.8 Å². The van der Waals surface area contributed by atoms with E-state index in [4.69, 9.17) is 28.6 Å². The van der Waals surface area contributed by atoms with Crippen molar-refractivity contribution >= 4 is 34.9 Å². The predicted molar refractivity (Wildman–Crippen MR) is 82.4 cm³/mol. The van der Waals surface area contributed by atoms with Gasteiger partial charge in [-0.25, -0.2) is 4.79 Å². The van der Waals surface area contributed by atoms with E-state index in [1.54, 1.807) is 12.1 Å². The maximum atomic E-state index is 12.1. The average molecular weight is 311 g/mol. The molecule has 1 atom stereocenters. The van der Waals surface area contributed by atoms with E-state index in [9.17, 15) is 4.79 Å². The highest BCUT2D eigenvalue weighted by molar-refractivity contribution is 7.80. The lowest BCUT2D eigenvalue weighted by atomic mass is 9.94. The monoisotopic (exact) mass is 310 g/mol. The molecule has 1 aliphatic rings. The summed E-state index contributed by atoms with van der Waals surface area (Å²) in [6.07, 6.45) is 0.663. The van der Waals surface area contributed by atoms with Gasteiger partial charge in [0.1, 0.15) is 0 Å². The molecule has 1 aromatic carbocycles. The first kappa shape index (κ1) is 14.8. The molecule has 0 aliphatic carbocycles. The largest absolute Gasteiger partial charge is 0.466 e. The van der Waals surface area contributed by atoms with Crippen LogP contribution in [0.15, 0.2) is 35.5 Å². The van der Waals surface area contributed by atoms with E-state index < -0.39 is 0 Å². The van der Waals surface area contributed by atoms with Gasteiger partial charge in [0.15, 0.2) is 5.11 Å². The smallest absolute Gasteiger partial charge is 0.337 e. The highest BCUT2D eigenvalue weighted by Gasteiger charge is 2.31. The zero-order valence-corrected chi connectivity index (χ0v) is 12.8. The average Bonchev–Trinajstić information content (AvgIpc) is 2.46. The number of carbonyl (C=O) groups is 1. The van der Waals surface area contributed by atoms with Crippen molar-refractivity contribution in [3.05, 3.63) is 46.1 Å². The third-order valence-electron chi connectivity index (χ3n) is 3.12. The minimum atomic E-state index is -0.371. The van der Waals surface area contributed by atoms with Crippen molar-refractivity contribution in [3.8, 4) is 0 Å². The van der Waals surface area contributed by atoms with E-state index in [0.717, 1.165) is 11.3 Å². The van der Waals surface area contributed by atoms with Crippen molar-refractivity contribution in [1.82, 2.24) is 10.6 Å². The van der Waals surface area contributed by atoms with Gasteiger partial charge >= 0.3 is 5.97 Å². The number of rotatable bonds is 3. The van der Waals surface area contributed by atoms with Crippen LogP contribution in [0.4, 0.5) is 0 Å². The Morgan fingerprint density at radius 2 is 2.05 bits per heavy atom. The minimum absolute atomic E-state index is 0.330. The van der Waals surface area contributed by atoms with E-state index in [1.165, 1.54) is 7.11 Å². The van der Waals surface area contributed by atoms with Crippen molar-refractivity contribution in [2.24, 2.45) is 0 Å². The van der Waals surface area contributed by atoms with Crippen molar-refractivity contribution in [1.29, 1.82) is 0 Å². The summed E-state index contributed by atoms with van der Waals surface area (Å²) in [5.74, 6) is -0.371. The standard InChI is InChI=1S/C14H15ClN2O2S/c1-3-10-11(13(18)19-2)12(17-14(20)16-10)8-4-6-9(15)7-5-8/h4-7,12H,3H2,1-2H3,(H2,16,17,20)/t12-/m1/s1. The van der Waals surface area contributed by atoms with Crippen molar-refractivity contribution in [2.75, 3.05) is 7.11 Å². The van der Waals surface area contributed by atoms with Gasteiger partial charge < -0.3 is 15.4 Å². The fraction of sp³-hybridized carbons (Fsp3) is 0.286. The minimum Gasteiger partial charge on any atom is -0.466 e. The summed E-state index contributed by atoms with van der Waals surface area (Å²) in [6.45, 7) is 1.96. The fourth-order valence-corrected chi connectivity index (χ4v) is 2.52. The summed E-state index contributed by atoms with van der Waals surface area (Å²) in [7, 11) is 1.37. The fourth-order valence-electron chi connectivity index (χ4n) is 2.15. The Hall–Kier alpha value is -1.59. The molecular formula is C14H15ClN2O2S. The summed E-state index contributed by atoms with van der Waals surface area (Å²) < 4.78 is 4.89. The highest BCUT2D eigenvalue weighted by Crippen LogP contribution is 2.29. The van der Waals surface area contributed by atoms with Crippen LogP contribution in [-0.4, -0.2) is 18.2 Å². The molecule has 0 amide bonds. The number of ether oxygens (including phenoxy) is 1. The lowest BCUT2D eigenvalue weighted by Gasteiger charge is -2.30. The number of halogens is 1. The van der Waals surface area contributed by atoms with Gasteiger partial charge in [0, 0.05) is 10.7 Å². The highest BCUT2D eigenvalue weighted by atomic mass is 35.5. The molecule has 0 bridgehead atoms. The first-order valence-electron chi connectivity index (χ1n) is 6.21. The molecule has 0 unspecified atom stereocenters. The topological polar surface area (TPSA) is 50.4 Å². The normalized spacial score (nSPS) is 18.4. The van der Waals surface area contributed by atoms with Gasteiger partial charge in [-0.2, -0.15) is 0 Å². The van der Waals surface area contributed by atoms with Crippen LogP contribution in [0.25, 0.3) is 0 Å². The van der Waals surface area contributed by atoms with Crippen molar-refractivity contribution < 1.29 is 9.53 Å². The van der Waals surface area contributed by atoms with Crippen LogP contribution in [-0.2, 0) is 9.53 Å². The summed E-state index contributed by atoms with van der Waals surface area (Å²) in [4.78, 5) is 12.1. The molecule has 4 nitrogen and oxygen atoms in total. The van der Waals surface area contributed by atoms with E-state index >= 15 is 0 Å². The molecule has 0 aromatic heterocycles. The second-order valence-corrected chi connectivity index (χ2v) is 5.17. The van der Waals surface area contributed by atoms with Gasteiger partial charge in [-0.3, -0.25) is 0 Å². The van der Waals surface area contributed by atoms with Crippen LogP contribution in [0.1, 0.15) is 24.9 Å². The number of methoxy groups -OCH3 is 1. The molecule has 2 N–H and O–H groups in total. The molecule has 1 aliphatic heterocycles. The molecule has 0 fully saturated rings. The van der Waals surface area contributed by atoms with Gasteiger partial charge in [0.2, 0.25) is 0 Å². The number of hydrogen-bond donors (Lipinski definition) is 2. The maximum absolute atomic E-state index is 12.1. The molecule has 6 heteroatoms. The van der Waals surface area contributed by atoms with Crippen LogP contribution in [0.3, 0.4) is 0 Å². The number of esters is 1. The van der Waals surface area contributed by atoms with Crippen LogP contribution in [0.2, 0.25) is 5.02 Å². The third kappa shape index (κ3) is 2.94. The number of allylic oxidation sites excluding steroid dienone is 1. The molecule has 0 saturated carbocycles. The summed E-state index contributed by atoms with van der Waals surface area (Å²) >= 11 is 11.1. The van der Waals surface area contributed by atoms with Gasteiger partial charge in [0.25, 0.3) is 0 Å². The quantitative estimate of drug-likeness (QED) is 0.664. The molecular weight excluding hydrogens is 296 g/mol. The van der Waals surface area contributed by atoms with Crippen LogP contribution in [0, 0.1) is 0 Å². The number of nitrogens with one attached hydrogen (secondary N) is 2. The molecule has 20 heavy (non-hydrogen) atoms. The molecule has 0 radical (unpaired) electrons. The Kier molecular flexibility index (Phi) is 4.62. The Morgan fingerprint density at radius 3 is 2.60 bits per heavy atom. The number of hydrogen-bond acceptors (Lipinski definition) is 3. The second-order valence-electron chi connectivity index (χ2n) is 4.32. The SMILES string of the molecule is CCC1=C(C(=O)OC)[C@@H](c2ccc(Cl)cc2)NC(=S)N1. The Labute approximate surface area is 128 Å². The second kappa shape index (κ2) is 6.24. The lowest BCUT2D eigenvalue weighted by Crippen LogP contribution is -2.45. The summed E-state index contributed by atoms with van der Waals surface area (Å²) in [6, 6.07) is 6.96. The first-order valence-corrected chi connectivity index (χ1v) is 6.99. The van der Waals surface area contributed by atoms with Crippen LogP contribution < -0.4 is 10.6 Å². The van der Waals surface area contributed by atoms with Crippen LogP contribution in [0.5, 0.6) is 0 Å². The van der Waals surface area contributed by atoms with Gasteiger partial charge in [-0.1, -0.05) is 30.7 Å². The van der Waals surface area contributed by atoms with Crippen molar-refractivity contribution in [3.63, 3.8) is 0 Å². The molecule has 0 spiro atoms. The lowest BCUT2D eigenvalue weighted by molar-refractivity contribution is -0.136. The number of carbonyl (C=O) groups excluding carboxylic acids is 1. The molecule has 1 heterocycles. The van der Waals surface area contributed by atoms with E-state index in [-0.39, 0.29) is 12.0 Å². The Balaban J connectivity index is 2.49. The zero-order chi connectivity index (χ0) is 14.7. The summed E-state index contributed by atoms with van der Waals surface area (Å²) in [5.41, 5.74) is 2.23. The third-order valence-corrected chi connectivity index (χ3v) is 3.59. The molecule has 106 valence electrons. The summed E-state index contributed by atoms with van der Waals surface area (Å²) in [5, 5.41) is 7.25. The predicted octanol–water partition coefficient (Wildman–Crippen LogP) is 2.70. The van der Waals surface area contributed by atoms with Gasteiger partial charge in [-0.05, 0) is 36.3 Å². The number of benzene rings is 1. The van der Waals surface area contributed by atoms with E-state index in [2.05, 4.69) is 10.6 Å². The number of thiocarbonyl (C=S) groups is 1. The van der Waals surface area contributed by atoms with Crippen molar-refractivity contribution in [2.45, 2.75) is 19.4 Å². The zero-order valence-electron chi connectivity index (χ0n) is 11.2. The first-order chi connectivity index (χ1) is 9.56. The Bertz CT molecular complexity index is 569. The molecule has 1 aromatic rings. The van der Waals surface area contributed by atoms with Gasteiger partial charge in [-0.15, -0.1) is 0 Å². The maximum Gasteiger partial charge on any atom is 0.337 e. The Morgan fingerprint density at radius 1 is 1.40 bits per heavy atom. The molecule has 2 rings (SSSR count). The molecule has 0 saturated heterocycles. The van der Waals surface area contributed by atoms with Gasteiger partial charge in [0.05, 0.1) is 18.7 Å².